The van der Waals surface area contributed by atoms with Gasteiger partial charge in [0.05, 0.1) is 13.1 Å². The molecule has 1 aliphatic heterocycles. The van der Waals surface area contributed by atoms with Crippen molar-refractivity contribution in [1.29, 1.82) is 0 Å². The van der Waals surface area contributed by atoms with E-state index in [2.05, 4.69) is 6.92 Å². The van der Waals surface area contributed by atoms with Crippen LogP contribution in [0.1, 0.15) is 40.5 Å². The first kappa shape index (κ1) is 16.0. The zero-order valence-corrected chi connectivity index (χ0v) is 12.5. The van der Waals surface area contributed by atoms with Crippen molar-refractivity contribution in [3.05, 3.63) is 0 Å². The van der Waals surface area contributed by atoms with Gasteiger partial charge in [0, 0.05) is 18.6 Å². The largest absolute Gasteiger partial charge is 0.480 e. The molecule has 0 aromatic rings. The molecule has 0 aromatic heterocycles. The van der Waals surface area contributed by atoms with Gasteiger partial charge in [-0.25, -0.2) is 0 Å². The molecule has 1 N–H and O–H groups in total. The number of aliphatic carboxylic acids is 1. The molecule has 1 amide bonds. The third-order valence-corrected chi connectivity index (χ3v) is 3.61. The summed E-state index contributed by atoms with van der Waals surface area (Å²) in [6.45, 7) is 9.63. The van der Waals surface area contributed by atoms with Crippen LogP contribution in [0.15, 0.2) is 0 Å². The van der Waals surface area contributed by atoms with E-state index in [0.29, 0.717) is 5.92 Å². The second-order valence-electron chi connectivity index (χ2n) is 6.51. The smallest absolute Gasteiger partial charge is 0.317 e. The summed E-state index contributed by atoms with van der Waals surface area (Å²) in [7, 11) is 0. The van der Waals surface area contributed by atoms with E-state index in [1.54, 1.807) is 4.90 Å². The van der Waals surface area contributed by atoms with Crippen LogP contribution in [-0.2, 0) is 9.59 Å². The molecular weight excluding hydrogens is 244 g/mol. The maximum atomic E-state index is 12.3. The summed E-state index contributed by atoms with van der Waals surface area (Å²) in [6, 6.07) is 0. The van der Waals surface area contributed by atoms with E-state index in [4.69, 9.17) is 5.11 Å². The lowest BCUT2D eigenvalue weighted by Gasteiger charge is -2.37. The predicted octanol–water partition coefficient (Wildman–Crippen LogP) is 1.43. The monoisotopic (exact) mass is 270 g/mol. The Kier molecular flexibility index (Phi) is 5.35. The normalized spacial score (nSPS) is 20.7. The molecule has 5 heteroatoms. The lowest BCUT2D eigenvalue weighted by Crippen LogP contribution is -2.51. The average molecular weight is 270 g/mol. The minimum Gasteiger partial charge on any atom is -0.480 e. The lowest BCUT2D eigenvalue weighted by molar-refractivity contribution is -0.142. The molecule has 5 nitrogen and oxygen atoms in total. The van der Waals surface area contributed by atoms with Crippen molar-refractivity contribution in [2.75, 3.05) is 26.2 Å². The van der Waals surface area contributed by atoms with E-state index >= 15 is 0 Å². The molecule has 1 atom stereocenters. The summed E-state index contributed by atoms with van der Waals surface area (Å²) in [5.41, 5.74) is -0.324. The van der Waals surface area contributed by atoms with Crippen LogP contribution in [0.4, 0.5) is 0 Å². The fourth-order valence-corrected chi connectivity index (χ4v) is 2.37. The van der Waals surface area contributed by atoms with Gasteiger partial charge in [-0.05, 0) is 39.5 Å². The highest BCUT2D eigenvalue weighted by atomic mass is 16.4. The molecule has 0 radical (unpaired) electrons. The van der Waals surface area contributed by atoms with Gasteiger partial charge < -0.3 is 10.0 Å². The van der Waals surface area contributed by atoms with Crippen LogP contribution in [0.5, 0.6) is 0 Å². The van der Waals surface area contributed by atoms with Gasteiger partial charge in [-0.3, -0.25) is 14.5 Å². The van der Waals surface area contributed by atoms with Crippen molar-refractivity contribution in [3.8, 4) is 0 Å². The van der Waals surface area contributed by atoms with Crippen molar-refractivity contribution in [2.45, 2.75) is 46.1 Å². The molecule has 1 rings (SSSR count). The van der Waals surface area contributed by atoms with Crippen molar-refractivity contribution in [2.24, 2.45) is 5.92 Å². The average Bonchev–Trinajstić information content (AvgIpc) is 2.26. The number of nitrogens with zero attached hydrogens (tertiary/aromatic N) is 2. The lowest BCUT2D eigenvalue weighted by atomic mass is 10.00. The van der Waals surface area contributed by atoms with Crippen LogP contribution in [0.25, 0.3) is 0 Å². The molecule has 0 aliphatic carbocycles. The zero-order chi connectivity index (χ0) is 14.6. The Morgan fingerprint density at radius 3 is 2.42 bits per heavy atom. The molecule has 1 saturated heterocycles. The third-order valence-electron chi connectivity index (χ3n) is 3.61. The van der Waals surface area contributed by atoms with Crippen molar-refractivity contribution in [1.82, 2.24) is 9.80 Å². The number of hydrogen-bond acceptors (Lipinski definition) is 3. The van der Waals surface area contributed by atoms with Gasteiger partial charge in [-0.1, -0.05) is 6.92 Å². The van der Waals surface area contributed by atoms with E-state index in [9.17, 15) is 9.59 Å². The first-order valence-corrected chi connectivity index (χ1v) is 6.94. The van der Waals surface area contributed by atoms with Gasteiger partial charge in [0.1, 0.15) is 0 Å². The molecular formula is C14H26N2O3. The Balaban J connectivity index is 2.62. The second kappa shape index (κ2) is 6.37. The van der Waals surface area contributed by atoms with E-state index < -0.39 is 5.97 Å². The highest BCUT2D eigenvalue weighted by Gasteiger charge is 2.28. The van der Waals surface area contributed by atoms with Gasteiger partial charge in [0.25, 0.3) is 0 Å². The first-order chi connectivity index (χ1) is 8.70. The summed E-state index contributed by atoms with van der Waals surface area (Å²) in [5, 5.41) is 8.95. The van der Waals surface area contributed by atoms with Gasteiger partial charge in [-0.2, -0.15) is 0 Å². The number of rotatable bonds is 4. The summed E-state index contributed by atoms with van der Waals surface area (Å²) >= 11 is 0. The minimum absolute atomic E-state index is 0.0442. The standard InChI is InChI=1S/C14H26N2O3/c1-11-6-5-7-15(8-11)12(17)9-16(10-13(18)19)14(2,3)4/h11H,5-10H2,1-4H3,(H,18,19). The van der Waals surface area contributed by atoms with E-state index in [0.717, 1.165) is 19.5 Å². The minimum atomic E-state index is -0.894. The number of piperidine rings is 1. The van der Waals surface area contributed by atoms with Crippen molar-refractivity contribution >= 4 is 11.9 Å². The Bertz CT molecular complexity index is 336. The van der Waals surface area contributed by atoms with E-state index in [1.165, 1.54) is 6.42 Å². The summed E-state index contributed by atoms with van der Waals surface area (Å²) in [6.07, 6.45) is 2.21. The molecule has 1 fully saturated rings. The second-order valence-corrected chi connectivity index (χ2v) is 6.51. The SMILES string of the molecule is CC1CCCN(C(=O)CN(CC(=O)O)C(C)(C)C)C1. The van der Waals surface area contributed by atoms with Crippen LogP contribution in [0, 0.1) is 5.92 Å². The number of carbonyl (C=O) groups excluding carboxylic acids is 1. The summed E-state index contributed by atoms with van der Waals surface area (Å²) in [4.78, 5) is 26.8. The molecule has 0 spiro atoms. The van der Waals surface area contributed by atoms with Gasteiger partial charge >= 0.3 is 5.97 Å². The maximum Gasteiger partial charge on any atom is 0.317 e. The molecule has 1 unspecified atom stereocenters. The van der Waals surface area contributed by atoms with Crippen LogP contribution >= 0.6 is 0 Å². The number of carbonyl (C=O) groups is 2. The van der Waals surface area contributed by atoms with Crippen LogP contribution < -0.4 is 0 Å². The number of amides is 1. The molecule has 0 bridgehead atoms. The van der Waals surface area contributed by atoms with Crippen LogP contribution in [-0.4, -0.2) is 58.5 Å². The Labute approximate surface area is 115 Å². The highest BCUT2D eigenvalue weighted by Crippen LogP contribution is 2.17. The Morgan fingerprint density at radius 2 is 1.95 bits per heavy atom. The van der Waals surface area contributed by atoms with Gasteiger partial charge in [0.15, 0.2) is 0 Å². The van der Waals surface area contributed by atoms with Gasteiger partial charge in [-0.15, -0.1) is 0 Å². The van der Waals surface area contributed by atoms with Crippen molar-refractivity contribution < 1.29 is 14.7 Å². The molecule has 19 heavy (non-hydrogen) atoms. The van der Waals surface area contributed by atoms with Crippen LogP contribution in [0.3, 0.4) is 0 Å². The quantitative estimate of drug-likeness (QED) is 0.839. The maximum absolute atomic E-state index is 12.3. The highest BCUT2D eigenvalue weighted by molar-refractivity contribution is 5.79. The number of carboxylic acids is 1. The third kappa shape index (κ3) is 5.19. The molecule has 1 heterocycles. The topological polar surface area (TPSA) is 60.9 Å². The zero-order valence-electron chi connectivity index (χ0n) is 12.5. The molecule has 1 aliphatic rings. The fourth-order valence-electron chi connectivity index (χ4n) is 2.37. The Morgan fingerprint density at radius 1 is 1.32 bits per heavy atom. The molecule has 0 saturated carbocycles. The molecule has 0 aromatic carbocycles. The number of carboxylic acid groups (broad SMARTS) is 1. The van der Waals surface area contributed by atoms with E-state index in [1.807, 2.05) is 25.7 Å². The predicted molar refractivity (Wildman–Crippen MR) is 73.9 cm³/mol. The Hall–Kier alpha value is -1.10. The van der Waals surface area contributed by atoms with E-state index in [-0.39, 0.29) is 24.5 Å². The molecule has 110 valence electrons. The fraction of sp³-hybridized carbons (Fsp3) is 0.857. The summed E-state index contributed by atoms with van der Waals surface area (Å²) in [5.74, 6) is -0.308. The summed E-state index contributed by atoms with van der Waals surface area (Å²) < 4.78 is 0. The first-order valence-electron chi connectivity index (χ1n) is 6.94. The number of hydrogen-bond donors (Lipinski definition) is 1. The van der Waals surface area contributed by atoms with Crippen molar-refractivity contribution in [3.63, 3.8) is 0 Å². The van der Waals surface area contributed by atoms with Gasteiger partial charge in [0.2, 0.25) is 5.91 Å². The van der Waals surface area contributed by atoms with Crippen LogP contribution in [0.2, 0.25) is 0 Å². The number of likely N-dealkylation sites (tertiary alicyclic amines) is 1.